The van der Waals surface area contributed by atoms with Gasteiger partial charge in [-0.3, -0.25) is 14.9 Å². The van der Waals surface area contributed by atoms with Crippen molar-refractivity contribution >= 4 is 57.1 Å². The van der Waals surface area contributed by atoms with Gasteiger partial charge in [-0.1, -0.05) is 45.7 Å². The molecule has 35 heavy (non-hydrogen) atoms. The van der Waals surface area contributed by atoms with E-state index in [9.17, 15) is 14.4 Å². The average Bonchev–Trinajstić information content (AvgIpc) is 2.84. The van der Waals surface area contributed by atoms with E-state index in [4.69, 9.17) is 21.1 Å². The minimum Gasteiger partial charge on any atom is -0.492 e. The molecule has 1 saturated heterocycles. The summed E-state index contributed by atoms with van der Waals surface area (Å²) in [6.45, 7) is 2.65. The SMILES string of the molecule is CCOc1ccc(/C=C2\C(=O)NC(=O)N(c3ccc(OCc4ccc(Br)cc4)cc3)C2=O)cc1Cl. The number of anilines is 1. The Bertz CT molecular complexity index is 1310. The molecule has 1 aliphatic rings. The number of nitrogens with zero attached hydrogens (tertiary/aromatic N) is 1. The summed E-state index contributed by atoms with van der Waals surface area (Å²) in [4.78, 5) is 38.9. The molecule has 0 radical (unpaired) electrons. The quantitative estimate of drug-likeness (QED) is 0.297. The molecule has 0 aromatic heterocycles. The van der Waals surface area contributed by atoms with Crippen LogP contribution in [0.4, 0.5) is 10.5 Å². The molecule has 0 spiro atoms. The summed E-state index contributed by atoms with van der Waals surface area (Å²) >= 11 is 9.61. The molecule has 178 valence electrons. The number of imide groups is 2. The van der Waals surface area contributed by atoms with Gasteiger partial charge in [0.15, 0.2) is 0 Å². The molecule has 1 fully saturated rings. The molecule has 7 nitrogen and oxygen atoms in total. The number of hydrogen-bond acceptors (Lipinski definition) is 5. The van der Waals surface area contributed by atoms with E-state index in [0.29, 0.717) is 41.0 Å². The van der Waals surface area contributed by atoms with Gasteiger partial charge < -0.3 is 9.47 Å². The second-order valence-electron chi connectivity index (χ2n) is 7.49. The van der Waals surface area contributed by atoms with Gasteiger partial charge >= 0.3 is 6.03 Å². The van der Waals surface area contributed by atoms with Crippen molar-refractivity contribution in [1.82, 2.24) is 5.32 Å². The summed E-state index contributed by atoms with van der Waals surface area (Å²) < 4.78 is 12.2. The molecule has 1 aliphatic heterocycles. The van der Waals surface area contributed by atoms with Crippen molar-refractivity contribution < 1.29 is 23.9 Å². The van der Waals surface area contributed by atoms with Gasteiger partial charge in [0, 0.05) is 4.47 Å². The average molecular weight is 556 g/mol. The summed E-state index contributed by atoms with van der Waals surface area (Å²) in [5.74, 6) is -0.463. The number of rotatable bonds is 7. The summed E-state index contributed by atoms with van der Waals surface area (Å²) in [5, 5.41) is 2.55. The minimum absolute atomic E-state index is 0.194. The first kappa shape index (κ1) is 24.5. The molecule has 3 aromatic carbocycles. The van der Waals surface area contributed by atoms with Crippen LogP contribution in [-0.4, -0.2) is 24.5 Å². The van der Waals surface area contributed by atoms with E-state index in [1.807, 2.05) is 31.2 Å². The molecule has 0 bridgehead atoms. The Morgan fingerprint density at radius 3 is 2.34 bits per heavy atom. The number of barbiturate groups is 1. The fraction of sp³-hybridized carbons (Fsp3) is 0.115. The van der Waals surface area contributed by atoms with E-state index in [2.05, 4.69) is 21.2 Å². The van der Waals surface area contributed by atoms with Crippen molar-refractivity contribution in [1.29, 1.82) is 0 Å². The molecular weight excluding hydrogens is 536 g/mol. The van der Waals surface area contributed by atoms with Crippen molar-refractivity contribution in [2.45, 2.75) is 13.5 Å². The van der Waals surface area contributed by atoms with Gasteiger partial charge in [0.1, 0.15) is 23.7 Å². The Hall–Kier alpha value is -3.62. The fourth-order valence-electron chi connectivity index (χ4n) is 3.38. The molecule has 4 amide bonds. The van der Waals surface area contributed by atoms with Gasteiger partial charge in [-0.15, -0.1) is 0 Å². The lowest BCUT2D eigenvalue weighted by atomic mass is 10.1. The van der Waals surface area contributed by atoms with Gasteiger partial charge in [0.2, 0.25) is 0 Å². The number of carbonyl (C=O) groups is 3. The highest BCUT2D eigenvalue weighted by atomic mass is 79.9. The van der Waals surface area contributed by atoms with E-state index in [1.165, 1.54) is 6.08 Å². The second-order valence-corrected chi connectivity index (χ2v) is 8.81. The molecule has 0 atom stereocenters. The Kier molecular flexibility index (Phi) is 7.53. The van der Waals surface area contributed by atoms with E-state index in [1.54, 1.807) is 42.5 Å². The lowest BCUT2D eigenvalue weighted by Gasteiger charge is -2.26. The largest absolute Gasteiger partial charge is 0.492 e. The van der Waals surface area contributed by atoms with Gasteiger partial charge in [0.05, 0.1) is 17.3 Å². The molecule has 1 N–H and O–H groups in total. The third kappa shape index (κ3) is 5.72. The van der Waals surface area contributed by atoms with Crippen LogP contribution in [0.1, 0.15) is 18.1 Å². The van der Waals surface area contributed by atoms with Crippen molar-refractivity contribution in [3.05, 3.63) is 92.9 Å². The maximum atomic E-state index is 13.1. The smallest absolute Gasteiger partial charge is 0.335 e. The Balaban J connectivity index is 1.52. The number of urea groups is 1. The van der Waals surface area contributed by atoms with Crippen LogP contribution in [0, 0.1) is 0 Å². The molecule has 0 unspecified atom stereocenters. The van der Waals surface area contributed by atoms with Crippen LogP contribution in [0.25, 0.3) is 6.08 Å². The van der Waals surface area contributed by atoms with Crippen LogP contribution in [0.15, 0.2) is 76.8 Å². The lowest BCUT2D eigenvalue weighted by Crippen LogP contribution is -2.54. The van der Waals surface area contributed by atoms with Crippen molar-refractivity contribution in [3.63, 3.8) is 0 Å². The summed E-state index contributed by atoms with van der Waals surface area (Å²) in [7, 11) is 0. The van der Waals surface area contributed by atoms with Crippen LogP contribution < -0.4 is 19.7 Å². The number of nitrogens with one attached hydrogen (secondary N) is 1. The Morgan fingerprint density at radius 2 is 1.69 bits per heavy atom. The second kappa shape index (κ2) is 10.8. The van der Waals surface area contributed by atoms with Gasteiger partial charge in [-0.25, -0.2) is 9.69 Å². The van der Waals surface area contributed by atoms with Crippen LogP contribution in [0.3, 0.4) is 0 Å². The first-order valence-electron chi connectivity index (χ1n) is 10.7. The molecule has 4 rings (SSSR count). The zero-order chi connectivity index (χ0) is 24.9. The molecule has 0 saturated carbocycles. The molecule has 3 aromatic rings. The van der Waals surface area contributed by atoms with Crippen LogP contribution in [0.2, 0.25) is 5.02 Å². The lowest BCUT2D eigenvalue weighted by molar-refractivity contribution is -0.122. The molecular formula is C26H20BrClN2O5. The highest BCUT2D eigenvalue weighted by molar-refractivity contribution is 9.10. The van der Waals surface area contributed by atoms with E-state index < -0.39 is 17.8 Å². The third-order valence-corrected chi connectivity index (χ3v) is 5.91. The Labute approximate surface area is 215 Å². The van der Waals surface area contributed by atoms with E-state index >= 15 is 0 Å². The maximum Gasteiger partial charge on any atom is 0.335 e. The van der Waals surface area contributed by atoms with Gasteiger partial charge in [-0.2, -0.15) is 0 Å². The van der Waals surface area contributed by atoms with Crippen molar-refractivity contribution in [2.24, 2.45) is 0 Å². The zero-order valence-electron chi connectivity index (χ0n) is 18.6. The number of benzene rings is 3. The molecule has 9 heteroatoms. The highest BCUT2D eigenvalue weighted by Crippen LogP contribution is 2.28. The molecule has 0 aliphatic carbocycles. The van der Waals surface area contributed by atoms with Crippen molar-refractivity contribution in [2.75, 3.05) is 11.5 Å². The van der Waals surface area contributed by atoms with Crippen molar-refractivity contribution in [3.8, 4) is 11.5 Å². The summed E-state index contributed by atoms with van der Waals surface area (Å²) in [6.07, 6.45) is 1.38. The number of halogens is 2. The maximum absolute atomic E-state index is 13.1. The van der Waals surface area contributed by atoms with Crippen LogP contribution in [-0.2, 0) is 16.2 Å². The highest BCUT2D eigenvalue weighted by Gasteiger charge is 2.36. The van der Waals surface area contributed by atoms with Crippen LogP contribution >= 0.6 is 27.5 Å². The predicted octanol–water partition coefficient (Wildman–Crippen LogP) is 5.75. The number of hydrogen-bond donors (Lipinski definition) is 1. The minimum atomic E-state index is -0.828. The van der Waals surface area contributed by atoms with Crippen LogP contribution in [0.5, 0.6) is 11.5 Å². The first-order valence-corrected chi connectivity index (χ1v) is 11.8. The standard InChI is InChI=1S/C26H20BrClN2O5/c1-2-34-23-12-5-17(14-22(23)28)13-21-24(31)29-26(33)30(25(21)32)19-8-10-20(11-9-19)35-15-16-3-6-18(27)7-4-16/h3-14H,2,15H2,1H3,(H,29,31,33)/b21-13+. The first-order chi connectivity index (χ1) is 16.9. The van der Waals surface area contributed by atoms with E-state index in [-0.39, 0.29) is 5.57 Å². The monoisotopic (exact) mass is 554 g/mol. The summed E-state index contributed by atoms with van der Waals surface area (Å²) in [6, 6.07) is 18.3. The number of carbonyl (C=O) groups excluding carboxylic acids is 3. The zero-order valence-corrected chi connectivity index (χ0v) is 20.9. The van der Waals surface area contributed by atoms with Gasteiger partial charge in [-0.05, 0) is 72.7 Å². The Morgan fingerprint density at radius 1 is 0.971 bits per heavy atom. The normalized spacial score (nSPS) is 14.8. The van der Waals surface area contributed by atoms with Gasteiger partial charge in [0.25, 0.3) is 11.8 Å². The topological polar surface area (TPSA) is 84.9 Å². The third-order valence-electron chi connectivity index (χ3n) is 5.08. The number of amides is 4. The molecule has 1 heterocycles. The number of ether oxygens (including phenoxy) is 2. The predicted molar refractivity (Wildman–Crippen MR) is 137 cm³/mol. The fourth-order valence-corrected chi connectivity index (χ4v) is 3.88. The van der Waals surface area contributed by atoms with E-state index in [0.717, 1.165) is 14.9 Å². The summed E-state index contributed by atoms with van der Waals surface area (Å²) in [5.41, 5.74) is 1.61.